The van der Waals surface area contributed by atoms with Gasteiger partial charge in [-0.05, 0) is 74.5 Å². The van der Waals surface area contributed by atoms with Crippen LogP contribution in [0.1, 0.15) is 75.3 Å². The van der Waals surface area contributed by atoms with Crippen molar-refractivity contribution in [2.75, 3.05) is 12.0 Å². The van der Waals surface area contributed by atoms with Gasteiger partial charge in [-0.3, -0.25) is 14.4 Å². The van der Waals surface area contributed by atoms with Crippen LogP contribution in [0.5, 0.6) is 0 Å². The summed E-state index contributed by atoms with van der Waals surface area (Å²) in [6.45, 7) is 0.552. The van der Waals surface area contributed by atoms with Gasteiger partial charge in [0.2, 0.25) is 5.91 Å². The van der Waals surface area contributed by atoms with Gasteiger partial charge < -0.3 is 14.8 Å². The fourth-order valence-corrected chi connectivity index (χ4v) is 6.64. The van der Waals surface area contributed by atoms with Gasteiger partial charge in [-0.25, -0.2) is 0 Å². The Labute approximate surface area is 243 Å². The average Bonchev–Trinajstić information content (AvgIpc) is 3.48. The Kier molecular flexibility index (Phi) is 11.5. The Morgan fingerprint density at radius 1 is 0.875 bits per heavy atom. The monoisotopic (exact) mass is 565 g/mol. The third-order valence-electron chi connectivity index (χ3n) is 8.53. The van der Waals surface area contributed by atoms with Crippen molar-refractivity contribution in [1.29, 1.82) is 0 Å². The summed E-state index contributed by atoms with van der Waals surface area (Å²) >= 11 is 1.71. The van der Waals surface area contributed by atoms with Crippen LogP contribution in [0.2, 0.25) is 0 Å². The van der Waals surface area contributed by atoms with Crippen LogP contribution in [-0.4, -0.2) is 35.9 Å². The molecule has 1 atom stereocenters. The number of nitrogens with one attached hydrogen (secondary N) is 1. The highest BCUT2D eigenvalue weighted by molar-refractivity contribution is 7.98. The van der Waals surface area contributed by atoms with Crippen molar-refractivity contribution in [2.45, 2.75) is 83.5 Å². The van der Waals surface area contributed by atoms with Crippen LogP contribution in [0.15, 0.2) is 60.7 Å². The van der Waals surface area contributed by atoms with E-state index >= 15 is 0 Å². The van der Waals surface area contributed by atoms with Gasteiger partial charge in [0.1, 0.15) is 13.2 Å². The second-order valence-corrected chi connectivity index (χ2v) is 12.4. The molecule has 4 rings (SSSR count). The van der Waals surface area contributed by atoms with E-state index in [1.807, 2.05) is 66.9 Å². The molecule has 0 heterocycles. The van der Waals surface area contributed by atoms with Gasteiger partial charge >= 0.3 is 11.9 Å². The molecule has 7 heteroatoms. The zero-order chi connectivity index (χ0) is 28.2. The van der Waals surface area contributed by atoms with E-state index in [1.54, 1.807) is 11.8 Å². The number of benzene rings is 2. The molecular formula is C33H43NO5S. The Hall–Kier alpha value is -2.80. The summed E-state index contributed by atoms with van der Waals surface area (Å²) in [5.74, 6) is 0.165. The van der Waals surface area contributed by atoms with E-state index in [-0.39, 0.29) is 42.3 Å². The molecule has 40 heavy (non-hydrogen) atoms. The van der Waals surface area contributed by atoms with Crippen LogP contribution in [0.25, 0.3) is 0 Å². The quantitative estimate of drug-likeness (QED) is 0.281. The van der Waals surface area contributed by atoms with Gasteiger partial charge in [0.15, 0.2) is 0 Å². The van der Waals surface area contributed by atoms with Crippen LogP contribution in [-0.2, 0) is 37.1 Å². The fraction of sp³-hybridized carbons (Fsp3) is 0.545. The molecule has 2 aromatic rings. The van der Waals surface area contributed by atoms with E-state index in [4.69, 9.17) is 9.47 Å². The Morgan fingerprint density at radius 2 is 1.45 bits per heavy atom. The first-order valence-electron chi connectivity index (χ1n) is 14.7. The molecule has 2 aromatic carbocycles. The first kappa shape index (κ1) is 30.2. The van der Waals surface area contributed by atoms with Crippen LogP contribution in [0.3, 0.4) is 0 Å². The summed E-state index contributed by atoms with van der Waals surface area (Å²) in [5.41, 5.74) is 1.42. The number of hydrogen-bond acceptors (Lipinski definition) is 6. The number of amides is 1. The number of esters is 2. The number of thioether (sulfide) groups is 1. The normalized spacial score (nSPS) is 20.8. The Morgan fingerprint density at radius 3 is 2.02 bits per heavy atom. The third kappa shape index (κ3) is 8.60. The molecule has 2 saturated carbocycles. The van der Waals surface area contributed by atoms with E-state index in [9.17, 15) is 14.4 Å². The number of ether oxygens (including phenoxy) is 2. The molecule has 0 saturated heterocycles. The first-order chi connectivity index (χ1) is 19.5. The number of rotatable bonds is 13. The minimum atomic E-state index is -0.527. The zero-order valence-electron chi connectivity index (χ0n) is 23.6. The largest absolute Gasteiger partial charge is 0.461 e. The minimum Gasteiger partial charge on any atom is -0.461 e. The Bertz CT molecular complexity index is 1080. The maximum atomic E-state index is 13.8. The third-order valence-corrected chi connectivity index (χ3v) is 9.17. The average molecular weight is 566 g/mol. The van der Waals surface area contributed by atoms with E-state index < -0.39 is 5.41 Å². The molecule has 2 fully saturated rings. The highest BCUT2D eigenvalue weighted by Crippen LogP contribution is 2.45. The fourth-order valence-electron chi connectivity index (χ4n) is 6.12. The molecular weight excluding hydrogens is 522 g/mol. The summed E-state index contributed by atoms with van der Waals surface area (Å²) in [6, 6.07) is 19.5. The van der Waals surface area contributed by atoms with Gasteiger partial charge in [0.05, 0.1) is 17.3 Å². The van der Waals surface area contributed by atoms with Crippen molar-refractivity contribution in [3.8, 4) is 0 Å². The maximum Gasteiger partial charge on any atom is 0.309 e. The molecule has 0 radical (unpaired) electrons. The maximum absolute atomic E-state index is 13.8. The molecule has 1 unspecified atom stereocenters. The van der Waals surface area contributed by atoms with Crippen LogP contribution in [0.4, 0.5) is 0 Å². The van der Waals surface area contributed by atoms with Crippen molar-refractivity contribution in [2.24, 2.45) is 17.3 Å². The summed E-state index contributed by atoms with van der Waals surface area (Å²) in [5, 5.41) is 3.33. The number of carbonyl (C=O) groups is 3. The van der Waals surface area contributed by atoms with Crippen molar-refractivity contribution >= 4 is 29.6 Å². The molecule has 0 aromatic heterocycles. The smallest absolute Gasteiger partial charge is 0.309 e. The van der Waals surface area contributed by atoms with Crippen molar-refractivity contribution in [3.05, 3.63) is 71.8 Å². The molecule has 0 bridgehead atoms. The topological polar surface area (TPSA) is 81.7 Å². The predicted octanol–water partition coefficient (Wildman–Crippen LogP) is 6.47. The number of hydrogen-bond donors (Lipinski definition) is 1. The van der Waals surface area contributed by atoms with Crippen LogP contribution < -0.4 is 5.32 Å². The highest BCUT2D eigenvalue weighted by Gasteiger charge is 2.45. The van der Waals surface area contributed by atoms with Crippen molar-refractivity contribution in [3.63, 3.8) is 0 Å². The summed E-state index contributed by atoms with van der Waals surface area (Å²) < 4.78 is 11.3. The molecule has 2 aliphatic carbocycles. The lowest BCUT2D eigenvalue weighted by atomic mass is 9.75. The number of carbonyl (C=O) groups excluding carboxylic acids is 3. The molecule has 216 valence electrons. The van der Waals surface area contributed by atoms with Crippen LogP contribution >= 0.6 is 11.8 Å². The molecule has 0 aliphatic heterocycles. The minimum absolute atomic E-state index is 0.0535. The van der Waals surface area contributed by atoms with E-state index in [0.29, 0.717) is 32.3 Å². The van der Waals surface area contributed by atoms with E-state index in [1.165, 1.54) is 0 Å². The summed E-state index contributed by atoms with van der Waals surface area (Å²) in [7, 11) is 0. The molecule has 6 nitrogen and oxygen atoms in total. The molecule has 1 amide bonds. The molecule has 2 aliphatic rings. The summed E-state index contributed by atoms with van der Waals surface area (Å²) in [6.07, 6.45) is 9.87. The molecule has 0 spiro atoms. The summed E-state index contributed by atoms with van der Waals surface area (Å²) in [4.78, 5) is 39.6. The van der Waals surface area contributed by atoms with E-state index in [2.05, 4.69) is 5.32 Å². The lowest BCUT2D eigenvalue weighted by Gasteiger charge is -2.35. The highest BCUT2D eigenvalue weighted by atomic mass is 32.2. The second kappa shape index (κ2) is 15.3. The second-order valence-electron chi connectivity index (χ2n) is 11.4. The standard InChI is InChI=1S/C33H43NO5S/c1-40-21-18-28(31(36)39-24-26-12-6-3-7-13-26)22-33(19-8-9-20-33)32(37)34-29-16-14-27(15-17-29)30(35)38-23-25-10-4-2-5-11-25/h2-7,10-13,27-29H,8-9,14-24H2,1H3,(H,34,37). The SMILES string of the molecule is CSCCC(CC1(C(=O)NC2CCC(C(=O)OCc3ccccc3)CC2)CCCC1)C(=O)OCc1ccccc1. The van der Waals surface area contributed by atoms with E-state index in [0.717, 1.165) is 55.4 Å². The van der Waals surface area contributed by atoms with Gasteiger partial charge in [-0.2, -0.15) is 11.8 Å². The van der Waals surface area contributed by atoms with Crippen molar-refractivity contribution < 1.29 is 23.9 Å². The van der Waals surface area contributed by atoms with Gasteiger partial charge in [-0.1, -0.05) is 73.5 Å². The lowest BCUT2D eigenvalue weighted by molar-refractivity contribution is -0.152. The predicted molar refractivity (Wildman–Crippen MR) is 158 cm³/mol. The van der Waals surface area contributed by atoms with Crippen molar-refractivity contribution in [1.82, 2.24) is 5.32 Å². The first-order valence-corrected chi connectivity index (χ1v) is 16.1. The lowest BCUT2D eigenvalue weighted by Crippen LogP contribution is -2.47. The van der Waals surface area contributed by atoms with Gasteiger partial charge in [0.25, 0.3) is 0 Å². The Balaban J connectivity index is 1.29. The van der Waals surface area contributed by atoms with Crippen LogP contribution in [0, 0.1) is 17.3 Å². The van der Waals surface area contributed by atoms with Gasteiger partial charge in [-0.15, -0.1) is 0 Å². The molecule has 1 N–H and O–H groups in total. The zero-order valence-corrected chi connectivity index (χ0v) is 24.5. The van der Waals surface area contributed by atoms with Gasteiger partial charge in [0, 0.05) is 6.04 Å².